The lowest BCUT2D eigenvalue weighted by molar-refractivity contribution is 0.179. The van der Waals surface area contributed by atoms with Crippen molar-refractivity contribution in [3.05, 3.63) is 0 Å². The van der Waals surface area contributed by atoms with E-state index in [1.54, 1.807) is 0 Å². The number of nitrogens with zero attached hydrogens (tertiary/aromatic N) is 3. The maximum Gasteiger partial charge on any atom is 0.323 e. The highest BCUT2D eigenvalue weighted by Crippen LogP contribution is 2.40. The van der Waals surface area contributed by atoms with Crippen LogP contribution in [0.1, 0.15) is 47.0 Å². The van der Waals surface area contributed by atoms with Crippen LogP contribution in [0.5, 0.6) is 6.01 Å². The highest BCUT2D eigenvalue weighted by molar-refractivity contribution is 5.36. The summed E-state index contributed by atoms with van der Waals surface area (Å²) in [6.45, 7) is 9.88. The summed E-state index contributed by atoms with van der Waals surface area (Å²) in [6, 6.07) is 0.368. The molecule has 0 aliphatic heterocycles. The molecule has 0 atom stereocenters. The second-order valence-electron chi connectivity index (χ2n) is 5.98. The lowest BCUT2D eigenvalue weighted by Crippen LogP contribution is -2.33. The predicted octanol–water partition coefficient (Wildman–Crippen LogP) is 2.69. The number of ether oxygens (including phenoxy) is 1. The van der Waals surface area contributed by atoms with Gasteiger partial charge in [-0.1, -0.05) is 13.3 Å². The number of anilines is 2. The van der Waals surface area contributed by atoms with Gasteiger partial charge in [0.2, 0.25) is 11.9 Å². The fourth-order valence-corrected chi connectivity index (χ4v) is 2.19. The monoisotopic (exact) mass is 279 g/mol. The Kier molecular flexibility index (Phi) is 4.62. The van der Waals surface area contributed by atoms with E-state index in [0.717, 1.165) is 13.1 Å². The van der Waals surface area contributed by atoms with Gasteiger partial charge in [0.1, 0.15) is 0 Å². The van der Waals surface area contributed by atoms with Gasteiger partial charge in [0.05, 0.1) is 6.10 Å². The van der Waals surface area contributed by atoms with Crippen LogP contribution in [-0.2, 0) is 0 Å². The number of rotatable bonds is 7. The Morgan fingerprint density at radius 3 is 2.30 bits per heavy atom. The molecule has 1 aromatic rings. The van der Waals surface area contributed by atoms with Crippen LogP contribution in [0.3, 0.4) is 0 Å². The first-order valence-electron chi connectivity index (χ1n) is 7.41. The Labute approximate surface area is 120 Å². The number of hydrogen-bond acceptors (Lipinski definition) is 6. The third kappa shape index (κ3) is 3.95. The summed E-state index contributed by atoms with van der Waals surface area (Å²) in [6.07, 6.45) is 3.89. The van der Waals surface area contributed by atoms with Crippen molar-refractivity contribution in [2.24, 2.45) is 5.41 Å². The van der Waals surface area contributed by atoms with Crippen molar-refractivity contribution < 1.29 is 4.74 Å². The van der Waals surface area contributed by atoms with Gasteiger partial charge in [0.15, 0.2) is 0 Å². The molecule has 6 nitrogen and oxygen atoms in total. The maximum atomic E-state index is 5.57. The summed E-state index contributed by atoms with van der Waals surface area (Å²) in [4.78, 5) is 12.9. The number of hydrogen-bond donors (Lipinski definition) is 2. The maximum absolute atomic E-state index is 5.57. The van der Waals surface area contributed by atoms with E-state index in [2.05, 4.69) is 32.5 Å². The van der Waals surface area contributed by atoms with E-state index >= 15 is 0 Å². The Balaban J connectivity index is 2.06. The number of aromatic nitrogens is 3. The van der Waals surface area contributed by atoms with E-state index in [1.807, 2.05) is 20.8 Å². The van der Waals surface area contributed by atoms with Gasteiger partial charge in [-0.3, -0.25) is 0 Å². The molecule has 0 bridgehead atoms. The summed E-state index contributed by atoms with van der Waals surface area (Å²) in [7, 11) is 0. The van der Waals surface area contributed by atoms with E-state index in [4.69, 9.17) is 4.74 Å². The molecule has 0 aromatic carbocycles. The quantitative estimate of drug-likeness (QED) is 0.799. The van der Waals surface area contributed by atoms with E-state index < -0.39 is 0 Å². The first kappa shape index (κ1) is 14.8. The smallest absolute Gasteiger partial charge is 0.323 e. The summed E-state index contributed by atoms with van der Waals surface area (Å²) in [5.74, 6) is 1.14. The van der Waals surface area contributed by atoms with Crippen LogP contribution >= 0.6 is 0 Å². The van der Waals surface area contributed by atoms with Crippen LogP contribution in [0, 0.1) is 5.41 Å². The van der Waals surface area contributed by atoms with Gasteiger partial charge in [-0.15, -0.1) is 0 Å². The van der Waals surface area contributed by atoms with Gasteiger partial charge in [-0.2, -0.15) is 15.0 Å². The normalized spacial score (nSPS) is 16.6. The van der Waals surface area contributed by atoms with Gasteiger partial charge in [-0.05, 0) is 39.0 Å². The third-order valence-corrected chi connectivity index (χ3v) is 3.52. The van der Waals surface area contributed by atoms with Crippen molar-refractivity contribution >= 4 is 11.9 Å². The van der Waals surface area contributed by atoms with E-state index in [1.165, 1.54) is 19.3 Å². The SMILES string of the molecule is CCNc1nc(NCC2(C)CCC2)nc(OC(C)C)n1. The first-order chi connectivity index (χ1) is 9.50. The second-order valence-corrected chi connectivity index (χ2v) is 5.98. The molecular formula is C14H25N5O. The van der Waals surface area contributed by atoms with Crippen molar-refractivity contribution in [2.75, 3.05) is 23.7 Å². The van der Waals surface area contributed by atoms with E-state index in [9.17, 15) is 0 Å². The zero-order valence-electron chi connectivity index (χ0n) is 12.9. The molecular weight excluding hydrogens is 254 g/mol. The highest BCUT2D eigenvalue weighted by atomic mass is 16.5. The van der Waals surface area contributed by atoms with Gasteiger partial charge in [-0.25, -0.2) is 0 Å². The summed E-state index contributed by atoms with van der Waals surface area (Å²) in [5, 5.41) is 6.42. The third-order valence-electron chi connectivity index (χ3n) is 3.52. The molecule has 2 N–H and O–H groups in total. The average Bonchev–Trinajstić information content (AvgIpc) is 2.33. The molecule has 0 unspecified atom stereocenters. The van der Waals surface area contributed by atoms with Crippen LogP contribution in [0.4, 0.5) is 11.9 Å². The highest BCUT2D eigenvalue weighted by Gasteiger charge is 2.31. The molecule has 1 aliphatic rings. The summed E-state index contributed by atoms with van der Waals surface area (Å²) in [5.41, 5.74) is 0.379. The Morgan fingerprint density at radius 1 is 1.15 bits per heavy atom. The molecule has 6 heteroatoms. The Morgan fingerprint density at radius 2 is 1.80 bits per heavy atom. The van der Waals surface area contributed by atoms with Crippen molar-refractivity contribution in [3.8, 4) is 6.01 Å². The molecule has 1 saturated carbocycles. The minimum Gasteiger partial charge on any atom is -0.461 e. The molecule has 1 fully saturated rings. The van der Waals surface area contributed by atoms with Gasteiger partial charge in [0, 0.05) is 13.1 Å². The van der Waals surface area contributed by atoms with Crippen molar-refractivity contribution in [2.45, 2.75) is 53.1 Å². The topological polar surface area (TPSA) is 72.0 Å². The first-order valence-corrected chi connectivity index (χ1v) is 7.41. The zero-order chi connectivity index (χ0) is 14.6. The molecule has 20 heavy (non-hydrogen) atoms. The molecule has 0 saturated heterocycles. The average molecular weight is 279 g/mol. The van der Waals surface area contributed by atoms with Gasteiger partial charge < -0.3 is 15.4 Å². The van der Waals surface area contributed by atoms with Crippen LogP contribution < -0.4 is 15.4 Å². The molecule has 1 aliphatic carbocycles. The Hall–Kier alpha value is -1.59. The molecule has 1 aromatic heterocycles. The predicted molar refractivity (Wildman–Crippen MR) is 80.2 cm³/mol. The molecule has 1 heterocycles. The van der Waals surface area contributed by atoms with Crippen LogP contribution in [0.25, 0.3) is 0 Å². The van der Waals surface area contributed by atoms with E-state index in [-0.39, 0.29) is 6.10 Å². The summed E-state index contributed by atoms with van der Waals surface area (Å²) < 4.78 is 5.57. The molecule has 2 rings (SSSR count). The van der Waals surface area contributed by atoms with Crippen LogP contribution in [-0.4, -0.2) is 34.1 Å². The fourth-order valence-electron chi connectivity index (χ4n) is 2.19. The van der Waals surface area contributed by atoms with Gasteiger partial charge >= 0.3 is 6.01 Å². The second kappa shape index (κ2) is 6.24. The minimum absolute atomic E-state index is 0.0453. The van der Waals surface area contributed by atoms with E-state index in [0.29, 0.717) is 23.3 Å². The van der Waals surface area contributed by atoms with Crippen LogP contribution in [0.15, 0.2) is 0 Å². The van der Waals surface area contributed by atoms with Crippen molar-refractivity contribution in [3.63, 3.8) is 0 Å². The fraction of sp³-hybridized carbons (Fsp3) is 0.786. The standard InChI is InChI=1S/C14H25N5O/c1-5-15-11-17-12(16-9-14(4)7-6-8-14)19-13(18-11)20-10(2)3/h10H,5-9H2,1-4H3,(H2,15,16,17,18,19). The molecule has 0 radical (unpaired) electrons. The largest absolute Gasteiger partial charge is 0.461 e. The lowest BCUT2D eigenvalue weighted by atomic mass is 9.70. The van der Waals surface area contributed by atoms with Gasteiger partial charge in [0.25, 0.3) is 0 Å². The zero-order valence-corrected chi connectivity index (χ0v) is 12.9. The molecule has 0 spiro atoms. The Bertz CT molecular complexity index is 445. The van der Waals surface area contributed by atoms with Crippen molar-refractivity contribution in [1.82, 2.24) is 15.0 Å². The number of nitrogens with one attached hydrogen (secondary N) is 2. The van der Waals surface area contributed by atoms with Crippen LogP contribution in [0.2, 0.25) is 0 Å². The molecule has 0 amide bonds. The molecule has 112 valence electrons. The minimum atomic E-state index is 0.0453. The lowest BCUT2D eigenvalue weighted by Gasteiger charge is -2.38. The van der Waals surface area contributed by atoms with Crippen molar-refractivity contribution in [1.29, 1.82) is 0 Å². The summed E-state index contributed by atoms with van der Waals surface area (Å²) >= 11 is 0.